The third kappa shape index (κ3) is 3.74. The largest absolute Gasteiger partial charge is 0.497 e. The average molecular weight is 323 g/mol. The van der Waals surface area contributed by atoms with Gasteiger partial charge in [-0.2, -0.15) is 0 Å². The van der Waals surface area contributed by atoms with Crippen LogP contribution in [0.1, 0.15) is 30.8 Å². The highest BCUT2D eigenvalue weighted by Crippen LogP contribution is 2.16. The molecule has 0 bridgehead atoms. The van der Waals surface area contributed by atoms with E-state index in [4.69, 9.17) is 4.74 Å². The van der Waals surface area contributed by atoms with Crippen molar-refractivity contribution < 1.29 is 9.53 Å². The van der Waals surface area contributed by atoms with Gasteiger partial charge < -0.3 is 15.0 Å². The minimum absolute atomic E-state index is 0.0128. The fraction of sp³-hybridized carbons (Fsp3) is 0.263. The number of carbonyl (C=O) groups excluding carboxylic acids is 1. The number of benzene rings is 2. The molecule has 1 aromatic heterocycles. The summed E-state index contributed by atoms with van der Waals surface area (Å²) < 4.78 is 5.13. The lowest BCUT2D eigenvalue weighted by atomic mass is 10.1. The number of imidazole rings is 1. The van der Waals surface area contributed by atoms with Crippen molar-refractivity contribution in [1.82, 2.24) is 15.3 Å². The fourth-order valence-electron chi connectivity index (χ4n) is 2.61. The van der Waals surface area contributed by atoms with Crippen LogP contribution in [0, 0.1) is 0 Å². The van der Waals surface area contributed by atoms with Gasteiger partial charge in [0.25, 0.3) is 0 Å². The predicted molar refractivity (Wildman–Crippen MR) is 94.0 cm³/mol. The normalized spacial score (nSPS) is 12.1. The van der Waals surface area contributed by atoms with E-state index < -0.39 is 0 Å². The molecule has 5 nitrogen and oxygen atoms in total. The summed E-state index contributed by atoms with van der Waals surface area (Å²) >= 11 is 0. The second kappa shape index (κ2) is 7.17. The van der Waals surface area contributed by atoms with E-state index in [2.05, 4.69) is 15.3 Å². The van der Waals surface area contributed by atoms with E-state index in [9.17, 15) is 4.79 Å². The maximum absolute atomic E-state index is 12.2. The average Bonchev–Trinajstić information content (AvgIpc) is 3.05. The van der Waals surface area contributed by atoms with Crippen LogP contribution in [0.3, 0.4) is 0 Å². The van der Waals surface area contributed by atoms with Gasteiger partial charge in [-0.3, -0.25) is 4.79 Å². The molecule has 0 saturated heterocycles. The number of aromatic nitrogens is 2. The summed E-state index contributed by atoms with van der Waals surface area (Å²) in [5.41, 5.74) is 3.00. The number of aromatic amines is 1. The molecule has 0 aliphatic carbocycles. The molecular formula is C19H21N3O2. The number of hydrogen-bond donors (Lipinski definition) is 2. The van der Waals surface area contributed by atoms with Crippen molar-refractivity contribution in [2.75, 3.05) is 7.11 Å². The van der Waals surface area contributed by atoms with Crippen molar-refractivity contribution in [3.8, 4) is 5.75 Å². The van der Waals surface area contributed by atoms with Gasteiger partial charge in [0, 0.05) is 6.42 Å². The van der Waals surface area contributed by atoms with Gasteiger partial charge in [0.05, 0.1) is 24.2 Å². The van der Waals surface area contributed by atoms with Crippen LogP contribution in [0.2, 0.25) is 0 Å². The molecule has 24 heavy (non-hydrogen) atoms. The number of methoxy groups -OCH3 is 1. The Labute approximate surface area is 141 Å². The predicted octanol–water partition coefficient (Wildman–Crippen LogP) is 3.38. The molecule has 3 aromatic rings. The molecule has 3 rings (SSSR count). The van der Waals surface area contributed by atoms with E-state index in [0.717, 1.165) is 28.2 Å². The summed E-state index contributed by atoms with van der Waals surface area (Å²) in [5.74, 6) is 1.61. The molecule has 1 atom stereocenters. The monoisotopic (exact) mass is 323 g/mol. The molecule has 0 fully saturated rings. The number of fused-ring (bicyclic) bond motifs is 1. The minimum Gasteiger partial charge on any atom is -0.497 e. The third-order valence-electron chi connectivity index (χ3n) is 4.00. The first-order valence-corrected chi connectivity index (χ1v) is 8.02. The quantitative estimate of drug-likeness (QED) is 0.731. The minimum atomic E-state index is -0.152. The lowest BCUT2D eigenvalue weighted by Gasteiger charge is -2.11. The molecule has 1 amide bonds. The maximum Gasteiger partial charge on any atom is 0.220 e. The molecule has 0 aliphatic heterocycles. The zero-order valence-corrected chi connectivity index (χ0v) is 13.9. The van der Waals surface area contributed by atoms with E-state index >= 15 is 0 Å². The molecule has 1 heterocycles. The molecule has 2 N–H and O–H groups in total. The smallest absolute Gasteiger partial charge is 0.220 e. The number of para-hydroxylation sites is 2. The molecule has 1 unspecified atom stereocenters. The number of aryl methyl sites for hydroxylation is 1. The number of H-pyrrole nitrogens is 1. The number of carbonyl (C=O) groups is 1. The summed E-state index contributed by atoms with van der Waals surface area (Å²) in [7, 11) is 1.64. The van der Waals surface area contributed by atoms with E-state index in [1.165, 1.54) is 0 Å². The first-order chi connectivity index (χ1) is 11.7. The number of nitrogens with one attached hydrogen (secondary N) is 2. The molecule has 0 saturated carbocycles. The lowest BCUT2D eigenvalue weighted by Crippen LogP contribution is -2.27. The molecular weight excluding hydrogens is 302 g/mol. The van der Waals surface area contributed by atoms with Crippen LogP contribution in [-0.2, 0) is 11.2 Å². The van der Waals surface area contributed by atoms with Crippen molar-refractivity contribution in [2.45, 2.75) is 25.8 Å². The van der Waals surface area contributed by atoms with Crippen LogP contribution in [0.25, 0.3) is 11.0 Å². The van der Waals surface area contributed by atoms with Gasteiger partial charge in [0.2, 0.25) is 5.91 Å². The van der Waals surface area contributed by atoms with Crippen LogP contribution >= 0.6 is 0 Å². The van der Waals surface area contributed by atoms with Gasteiger partial charge in [0.1, 0.15) is 11.6 Å². The number of hydrogen-bond acceptors (Lipinski definition) is 3. The van der Waals surface area contributed by atoms with Gasteiger partial charge in [-0.25, -0.2) is 4.98 Å². The number of rotatable bonds is 6. The number of amides is 1. The molecule has 0 spiro atoms. The Morgan fingerprint density at radius 3 is 2.67 bits per heavy atom. The van der Waals surface area contributed by atoms with Crippen molar-refractivity contribution in [1.29, 1.82) is 0 Å². The highest BCUT2D eigenvalue weighted by atomic mass is 16.5. The Hall–Kier alpha value is -2.82. The second-order valence-electron chi connectivity index (χ2n) is 5.78. The van der Waals surface area contributed by atoms with Gasteiger partial charge in [-0.15, -0.1) is 0 Å². The van der Waals surface area contributed by atoms with Crippen LogP contribution in [0.5, 0.6) is 5.75 Å². The molecule has 2 aromatic carbocycles. The van der Waals surface area contributed by atoms with Crippen LogP contribution < -0.4 is 10.1 Å². The lowest BCUT2D eigenvalue weighted by molar-refractivity contribution is -0.121. The second-order valence-corrected chi connectivity index (χ2v) is 5.78. The van der Waals surface area contributed by atoms with Gasteiger partial charge in [0.15, 0.2) is 0 Å². The van der Waals surface area contributed by atoms with Gasteiger partial charge in [-0.1, -0.05) is 24.3 Å². The van der Waals surface area contributed by atoms with E-state index in [0.29, 0.717) is 12.8 Å². The van der Waals surface area contributed by atoms with E-state index in [1.807, 2.05) is 55.5 Å². The number of nitrogens with zero attached hydrogens (tertiary/aromatic N) is 1. The molecule has 5 heteroatoms. The topological polar surface area (TPSA) is 67.0 Å². The van der Waals surface area contributed by atoms with Crippen molar-refractivity contribution in [2.24, 2.45) is 0 Å². The van der Waals surface area contributed by atoms with Crippen LogP contribution in [0.15, 0.2) is 48.5 Å². The Bertz CT molecular complexity index is 791. The first kappa shape index (κ1) is 16.1. The third-order valence-corrected chi connectivity index (χ3v) is 4.00. The fourth-order valence-corrected chi connectivity index (χ4v) is 2.61. The van der Waals surface area contributed by atoms with Gasteiger partial charge in [-0.05, 0) is 43.2 Å². The van der Waals surface area contributed by atoms with Crippen molar-refractivity contribution in [3.05, 3.63) is 59.9 Å². The van der Waals surface area contributed by atoms with Crippen LogP contribution in [-0.4, -0.2) is 23.0 Å². The molecule has 0 aliphatic rings. The Kier molecular flexibility index (Phi) is 4.79. The summed E-state index contributed by atoms with van der Waals surface area (Å²) in [6.45, 7) is 1.93. The molecule has 124 valence electrons. The van der Waals surface area contributed by atoms with E-state index in [1.54, 1.807) is 7.11 Å². The zero-order chi connectivity index (χ0) is 16.9. The Balaban J connectivity index is 1.55. The maximum atomic E-state index is 12.2. The molecule has 0 radical (unpaired) electrons. The Morgan fingerprint density at radius 1 is 1.21 bits per heavy atom. The summed E-state index contributed by atoms with van der Waals surface area (Å²) in [5, 5.41) is 2.99. The van der Waals surface area contributed by atoms with Crippen LogP contribution in [0.4, 0.5) is 0 Å². The Morgan fingerprint density at radius 2 is 1.96 bits per heavy atom. The van der Waals surface area contributed by atoms with E-state index in [-0.39, 0.29) is 11.9 Å². The highest BCUT2D eigenvalue weighted by Gasteiger charge is 2.13. The summed E-state index contributed by atoms with van der Waals surface area (Å²) in [6.07, 6.45) is 1.14. The van der Waals surface area contributed by atoms with Crippen molar-refractivity contribution in [3.63, 3.8) is 0 Å². The summed E-state index contributed by atoms with van der Waals surface area (Å²) in [4.78, 5) is 19.9. The summed E-state index contributed by atoms with van der Waals surface area (Å²) in [6, 6.07) is 15.5. The zero-order valence-electron chi connectivity index (χ0n) is 13.9. The standard InChI is InChI=1S/C19H21N3O2/c1-13(19-21-16-5-3-4-6-17(16)22-19)20-18(23)12-9-14-7-10-15(24-2)11-8-14/h3-8,10-11,13H,9,12H2,1-2H3,(H,20,23)(H,21,22). The van der Waals surface area contributed by atoms with Gasteiger partial charge >= 0.3 is 0 Å². The number of ether oxygens (including phenoxy) is 1. The first-order valence-electron chi connectivity index (χ1n) is 8.02. The highest BCUT2D eigenvalue weighted by molar-refractivity contribution is 5.77. The SMILES string of the molecule is COc1ccc(CCC(=O)NC(C)c2nc3ccccc3[nH]2)cc1. The van der Waals surface area contributed by atoms with Crippen molar-refractivity contribution >= 4 is 16.9 Å².